The summed E-state index contributed by atoms with van der Waals surface area (Å²) in [6.45, 7) is 0.0960. The minimum Gasteiger partial charge on any atom is -0.301 e. The van der Waals surface area contributed by atoms with Crippen molar-refractivity contribution in [3.8, 4) is 6.07 Å². The van der Waals surface area contributed by atoms with Crippen molar-refractivity contribution < 1.29 is 12.8 Å². The van der Waals surface area contributed by atoms with Crippen molar-refractivity contribution in [2.24, 2.45) is 0 Å². The molecule has 24 heavy (non-hydrogen) atoms. The fourth-order valence-corrected chi connectivity index (χ4v) is 3.33. The van der Waals surface area contributed by atoms with Crippen LogP contribution in [0.2, 0.25) is 0 Å². The Hall–Kier alpha value is -2.27. The molecule has 0 aromatic heterocycles. The Morgan fingerprint density at radius 2 is 1.88 bits per heavy atom. The van der Waals surface area contributed by atoms with E-state index in [1.54, 1.807) is 26.2 Å². The van der Waals surface area contributed by atoms with E-state index in [2.05, 4.69) is 4.72 Å². The van der Waals surface area contributed by atoms with E-state index in [-0.39, 0.29) is 23.3 Å². The highest BCUT2D eigenvalue weighted by Gasteiger charge is 2.20. The molecule has 126 valence electrons. The van der Waals surface area contributed by atoms with Gasteiger partial charge in [-0.15, -0.1) is 0 Å². The van der Waals surface area contributed by atoms with Crippen LogP contribution in [0.1, 0.15) is 17.2 Å². The van der Waals surface area contributed by atoms with E-state index in [4.69, 9.17) is 5.26 Å². The molecule has 1 unspecified atom stereocenters. The molecule has 2 aromatic rings. The summed E-state index contributed by atoms with van der Waals surface area (Å²) in [5.74, 6) is -0.366. The second-order valence-corrected chi connectivity index (χ2v) is 7.29. The minimum absolute atomic E-state index is 0.0817. The number of nitrogens with one attached hydrogen (secondary N) is 1. The summed E-state index contributed by atoms with van der Waals surface area (Å²) in [4.78, 5) is 1.90. The van der Waals surface area contributed by atoms with E-state index in [0.717, 1.165) is 0 Å². The molecule has 0 saturated heterocycles. The van der Waals surface area contributed by atoms with Gasteiger partial charge in [0.05, 0.1) is 16.5 Å². The number of nitriles is 1. The highest BCUT2D eigenvalue weighted by atomic mass is 32.2. The average molecular weight is 347 g/mol. The number of sulfonamides is 1. The van der Waals surface area contributed by atoms with E-state index in [1.165, 1.54) is 36.4 Å². The third-order valence-corrected chi connectivity index (χ3v) is 5.06. The lowest BCUT2D eigenvalue weighted by Gasteiger charge is -2.25. The summed E-state index contributed by atoms with van der Waals surface area (Å²) in [6.07, 6.45) is 0. The molecule has 0 aliphatic rings. The van der Waals surface area contributed by atoms with Crippen LogP contribution in [0.15, 0.2) is 53.4 Å². The van der Waals surface area contributed by atoms with Crippen molar-refractivity contribution in [1.29, 1.82) is 5.26 Å². The number of likely N-dealkylation sites (N-methyl/N-ethyl adjacent to an activating group) is 1. The molecular formula is C17H18FN3O2S. The zero-order chi connectivity index (χ0) is 17.7. The van der Waals surface area contributed by atoms with Gasteiger partial charge in [-0.1, -0.05) is 12.1 Å². The van der Waals surface area contributed by atoms with Crippen molar-refractivity contribution in [3.63, 3.8) is 0 Å². The van der Waals surface area contributed by atoms with Gasteiger partial charge in [0, 0.05) is 12.6 Å². The summed E-state index contributed by atoms with van der Waals surface area (Å²) < 4.78 is 40.7. The van der Waals surface area contributed by atoms with Gasteiger partial charge in [0.15, 0.2) is 0 Å². The molecule has 0 fully saturated rings. The summed E-state index contributed by atoms with van der Waals surface area (Å²) in [5.41, 5.74) is 1.07. The maximum absolute atomic E-state index is 13.4. The number of hydrogen-bond donors (Lipinski definition) is 1. The van der Waals surface area contributed by atoms with Gasteiger partial charge >= 0.3 is 0 Å². The van der Waals surface area contributed by atoms with E-state index in [9.17, 15) is 12.8 Å². The molecule has 0 aliphatic carbocycles. The smallest absolute Gasteiger partial charge is 0.240 e. The van der Waals surface area contributed by atoms with Crippen LogP contribution in [0.4, 0.5) is 4.39 Å². The molecule has 7 heteroatoms. The predicted molar refractivity (Wildman–Crippen MR) is 89.2 cm³/mol. The molecule has 1 N–H and O–H groups in total. The highest BCUT2D eigenvalue weighted by molar-refractivity contribution is 7.89. The first-order valence-electron chi connectivity index (χ1n) is 7.25. The molecular weight excluding hydrogens is 329 g/mol. The first kappa shape index (κ1) is 18.1. The number of nitrogens with zero attached hydrogens (tertiary/aromatic N) is 2. The van der Waals surface area contributed by atoms with Gasteiger partial charge in [-0.05, 0) is 56.1 Å². The van der Waals surface area contributed by atoms with Crippen molar-refractivity contribution in [3.05, 3.63) is 65.5 Å². The molecule has 1 atom stereocenters. The van der Waals surface area contributed by atoms with Gasteiger partial charge < -0.3 is 4.90 Å². The highest BCUT2D eigenvalue weighted by Crippen LogP contribution is 2.19. The molecule has 0 spiro atoms. The zero-order valence-electron chi connectivity index (χ0n) is 13.4. The molecule has 0 aliphatic heterocycles. The third kappa shape index (κ3) is 4.38. The van der Waals surface area contributed by atoms with Crippen molar-refractivity contribution in [1.82, 2.24) is 9.62 Å². The fourth-order valence-electron chi connectivity index (χ4n) is 2.29. The lowest BCUT2D eigenvalue weighted by atomic mass is 10.1. The monoisotopic (exact) mass is 347 g/mol. The van der Waals surface area contributed by atoms with Gasteiger partial charge in [0.2, 0.25) is 10.0 Å². The molecule has 0 heterocycles. The van der Waals surface area contributed by atoms with E-state index >= 15 is 0 Å². The number of halogens is 1. The van der Waals surface area contributed by atoms with Crippen molar-refractivity contribution in [2.45, 2.75) is 10.9 Å². The van der Waals surface area contributed by atoms with Crippen molar-refractivity contribution in [2.75, 3.05) is 20.6 Å². The van der Waals surface area contributed by atoms with E-state index < -0.39 is 10.0 Å². The zero-order valence-corrected chi connectivity index (χ0v) is 14.2. The molecule has 5 nitrogen and oxygen atoms in total. The Kier molecular flexibility index (Phi) is 5.67. The van der Waals surface area contributed by atoms with Crippen LogP contribution in [-0.4, -0.2) is 34.0 Å². The fraction of sp³-hybridized carbons (Fsp3) is 0.235. The summed E-state index contributed by atoms with van der Waals surface area (Å²) >= 11 is 0. The number of hydrogen-bond acceptors (Lipinski definition) is 4. The lowest BCUT2D eigenvalue weighted by Crippen LogP contribution is -2.34. The molecule has 2 aromatic carbocycles. The maximum atomic E-state index is 13.4. The van der Waals surface area contributed by atoms with Crippen LogP contribution in [0.25, 0.3) is 0 Å². The number of benzene rings is 2. The van der Waals surface area contributed by atoms with Gasteiger partial charge in [0.25, 0.3) is 0 Å². The van der Waals surface area contributed by atoms with Crippen molar-refractivity contribution >= 4 is 10.0 Å². The standard InChI is InChI=1S/C17H18FN3O2S/c1-21(2)17(14-4-3-5-15(18)10-14)12-20-24(22,23)16-8-6-13(11-19)7-9-16/h3-10,17,20H,12H2,1-2H3. The lowest BCUT2D eigenvalue weighted by molar-refractivity contribution is 0.299. The second-order valence-electron chi connectivity index (χ2n) is 5.52. The Morgan fingerprint density at radius 1 is 1.21 bits per heavy atom. The van der Waals surface area contributed by atoms with Crippen LogP contribution in [0.3, 0.4) is 0 Å². The molecule has 0 amide bonds. The Labute approximate surface area is 141 Å². The van der Waals surface area contributed by atoms with Gasteiger partial charge in [-0.2, -0.15) is 5.26 Å². The van der Waals surface area contributed by atoms with Crippen LogP contribution < -0.4 is 4.72 Å². The molecule has 2 rings (SSSR count). The number of rotatable bonds is 6. The van der Waals surface area contributed by atoms with Gasteiger partial charge in [-0.25, -0.2) is 17.5 Å². The van der Waals surface area contributed by atoms with Gasteiger partial charge in [-0.3, -0.25) is 0 Å². The first-order chi connectivity index (χ1) is 11.3. The second kappa shape index (κ2) is 7.53. The molecule has 0 saturated carbocycles. The van der Waals surface area contributed by atoms with Crippen LogP contribution >= 0.6 is 0 Å². The average Bonchev–Trinajstić information content (AvgIpc) is 2.55. The summed E-state index contributed by atoms with van der Waals surface area (Å²) in [6, 6.07) is 13.4. The van der Waals surface area contributed by atoms with Crippen LogP contribution in [-0.2, 0) is 10.0 Å². The van der Waals surface area contributed by atoms with E-state index in [0.29, 0.717) is 11.1 Å². The Bertz CT molecular complexity index is 843. The van der Waals surface area contributed by atoms with E-state index in [1.807, 2.05) is 11.0 Å². The SMILES string of the molecule is CN(C)C(CNS(=O)(=O)c1ccc(C#N)cc1)c1cccc(F)c1. The largest absolute Gasteiger partial charge is 0.301 e. The minimum atomic E-state index is -3.71. The molecule has 0 bridgehead atoms. The van der Waals surface area contributed by atoms with Crippen LogP contribution in [0.5, 0.6) is 0 Å². The first-order valence-corrected chi connectivity index (χ1v) is 8.73. The Balaban J connectivity index is 2.17. The van der Waals surface area contributed by atoms with Gasteiger partial charge in [0.1, 0.15) is 5.82 Å². The topological polar surface area (TPSA) is 73.2 Å². The molecule has 0 radical (unpaired) electrons. The normalized spacial score (nSPS) is 12.8. The quantitative estimate of drug-likeness (QED) is 0.870. The third-order valence-electron chi connectivity index (χ3n) is 3.62. The maximum Gasteiger partial charge on any atom is 0.240 e. The predicted octanol–water partition coefficient (Wildman–Crippen LogP) is 2.28. The summed E-state index contributed by atoms with van der Waals surface area (Å²) in [5, 5.41) is 8.77. The van der Waals surface area contributed by atoms with Crippen LogP contribution in [0, 0.1) is 17.1 Å². The Morgan fingerprint density at radius 3 is 2.42 bits per heavy atom. The summed E-state index contributed by atoms with van der Waals surface area (Å²) in [7, 11) is -0.117.